The number of primary amides is 1. The number of amides is 10. The summed E-state index contributed by atoms with van der Waals surface area (Å²) in [5, 5.41) is 25.9. The predicted molar refractivity (Wildman–Crippen MR) is 315 cm³/mol. The number of aromatic nitrogens is 2. The third kappa shape index (κ3) is 14.5. The van der Waals surface area contributed by atoms with E-state index >= 15 is 4.39 Å². The third-order valence-corrected chi connectivity index (χ3v) is 16.5. The van der Waals surface area contributed by atoms with Gasteiger partial charge in [0.25, 0.3) is 17.7 Å². The fourth-order valence-corrected chi connectivity index (χ4v) is 11.4. The number of fused-ring (bicyclic) bond motifs is 5. The van der Waals surface area contributed by atoms with Crippen LogP contribution in [0.2, 0.25) is 0 Å². The summed E-state index contributed by atoms with van der Waals surface area (Å²) in [4.78, 5) is 136. The molecule has 0 saturated carbocycles. The van der Waals surface area contributed by atoms with E-state index in [0.29, 0.717) is 87.0 Å². The fraction of sp³-hybridized carbons (Fsp3) is 0.467. The number of hydrogen-bond donors (Lipinski definition) is 7. The van der Waals surface area contributed by atoms with E-state index in [1.54, 1.807) is 58.0 Å². The van der Waals surface area contributed by atoms with Gasteiger partial charge in [0, 0.05) is 92.7 Å². The molecule has 4 atom stereocenters. The number of aryl methyl sites for hydroxylation is 1. The van der Waals surface area contributed by atoms with Crippen molar-refractivity contribution in [1.82, 2.24) is 45.5 Å². The topological polar surface area (TPSA) is 332 Å². The molecule has 0 spiro atoms. The van der Waals surface area contributed by atoms with Crippen molar-refractivity contribution in [3.8, 4) is 11.4 Å². The number of halogens is 1. The van der Waals surface area contributed by atoms with E-state index in [2.05, 4.69) is 26.6 Å². The van der Waals surface area contributed by atoms with Crippen molar-refractivity contribution in [2.75, 3.05) is 52.2 Å². The molecule has 2 aromatic heterocycles. The summed E-state index contributed by atoms with van der Waals surface area (Å²) in [5.41, 5.74) is 9.06. The van der Waals surface area contributed by atoms with Gasteiger partial charge in [-0.15, -0.1) is 0 Å². The van der Waals surface area contributed by atoms with Gasteiger partial charge < -0.3 is 66.0 Å². The number of urea groups is 1. The smallest absolute Gasteiger partial charge is 0.410 e. The van der Waals surface area contributed by atoms with Crippen LogP contribution in [-0.4, -0.2) is 148 Å². The number of carbonyl (C=O) groups excluding carboxylic acids is 10. The normalized spacial score (nSPS) is 16.9. The van der Waals surface area contributed by atoms with E-state index in [-0.39, 0.29) is 95.3 Å². The minimum Gasteiger partial charge on any atom is -0.458 e. The number of nitrogens with one attached hydrogen (secondary N) is 5. The molecule has 1 aliphatic carbocycles. The second kappa shape index (κ2) is 27.7. The van der Waals surface area contributed by atoms with Gasteiger partial charge in [0.15, 0.2) is 12.2 Å². The number of unbranched alkanes of at least 4 members (excludes halogenated alkanes) is 2. The molecule has 10 amide bonds. The Morgan fingerprint density at radius 2 is 1.60 bits per heavy atom. The van der Waals surface area contributed by atoms with Crippen LogP contribution in [0.5, 0.6) is 0 Å². The number of nitrogens with zero attached hydrogens (tertiary/aromatic N) is 5. The molecular formula is C60H72FN11O14S. The molecular weight excluding hydrogens is 1150 g/mol. The minimum atomic E-state index is -1.93. The summed E-state index contributed by atoms with van der Waals surface area (Å²) < 4.78 is 33.9. The number of benzene rings is 2. The molecule has 4 aromatic rings. The Hall–Kier alpha value is -8.85. The third-order valence-electron chi connectivity index (χ3n) is 16.1. The lowest BCUT2D eigenvalue weighted by molar-refractivity contribution is -0.172. The maximum atomic E-state index is 15.5. The highest BCUT2D eigenvalue weighted by Crippen LogP contribution is 2.47. The van der Waals surface area contributed by atoms with Crippen molar-refractivity contribution in [1.29, 1.82) is 0 Å². The van der Waals surface area contributed by atoms with Crippen molar-refractivity contribution in [3.63, 3.8) is 0 Å². The maximum absolute atomic E-state index is 15.5. The maximum Gasteiger partial charge on any atom is 0.410 e. The van der Waals surface area contributed by atoms with Gasteiger partial charge >= 0.3 is 24.2 Å². The molecule has 5 heterocycles. The molecule has 0 fully saturated rings. The van der Waals surface area contributed by atoms with Crippen molar-refractivity contribution in [2.45, 2.75) is 129 Å². The second-order valence-electron chi connectivity index (χ2n) is 22.4. The predicted octanol–water partition coefficient (Wildman–Crippen LogP) is 4.83. The Balaban J connectivity index is 0.797. The Kier molecular flexibility index (Phi) is 20.4. The summed E-state index contributed by atoms with van der Waals surface area (Å²) >= 11 is 5.92. The van der Waals surface area contributed by atoms with Crippen LogP contribution in [0, 0.1) is 23.3 Å². The molecule has 0 bridgehead atoms. The summed E-state index contributed by atoms with van der Waals surface area (Å²) in [5.74, 6) is -4.50. The average molecular weight is 1220 g/mol. The highest BCUT2D eigenvalue weighted by molar-refractivity contribution is 7.71. The summed E-state index contributed by atoms with van der Waals surface area (Å²) in [6.07, 6.45) is 3.69. The van der Waals surface area contributed by atoms with Crippen LogP contribution in [-0.2, 0) is 79.6 Å². The first-order valence-corrected chi connectivity index (χ1v) is 29.2. The van der Waals surface area contributed by atoms with E-state index in [9.17, 15) is 53.1 Å². The summed E-state index contributed by atoms with van der Waals surface area (Å²) in [7, 11) is 2.92. The van der Waals surface area contributed by atoms with Crippen molar-refractivity contribution in [3.05, 3.63) is 98.0 Å². The van der Waals surface area contributed by atoms with E-state index in [1.807, 2.05) is 4.57 Å². The van der Waals surface area contributed by atoms with Gasteiger partial charge in [0.05, 0.1) is 29.5 Å². The van der Waals surface area contributed by atoms with Crippen molar-refractivity contribution >= 4 is 88.4 Å². The van der Waals surface area contributed by atoms with Crippen molar-refractivity contribution < 1.29 is 71.7 Å². The average Bonchev–Trinajstić information content (AvgIpc) is 1.69. The highest BCUT2D eigenvalue weighted by Gasteiger charge is 2.45. The Labute approximate surface area is 505 Å². The lowest BCUT2D eigenvalue weighted by atomic mass is 9.81. The number of imide groups is 1. The first-order chi connectivity index (χ1) is 41.4. The Morgan fingerprint density at radius 1 is 0.908 bits per heavy atom. The van der Waals surface area contributed by atoms with Gasteiger partial charge in [-0.25, -0.2) is 28.6 Å². The lowest BCUT2D eigenvalue weighted by Gasteiger charge is -2.32. The van der Waals surface area contributed by atoms with E-state index in [1.165, 1.54) is 42.1 Å². The molecule has 2 aromatic carbocycles. The zero-order valence-corrected chi connectivity index (χ0v) is 50.1. The van der Waals surface area contributed by atoms with Crippen LogP contribution in [0.4, 0.5) is 24.5 Å². The molecule has 25 nitrogen and oxygen atoms in total. The number of pyridine rings is 2. The van der Waals surface area contributed by atoms with Crippen molar-refractivity contribution in [2.24, 2.45) is 11.7 Å². The second-order valence-corrected chi connectivity index (χ2v) is 22.8. The van der Waals surface area contributed by atoms with Gasteiger partial charge in [-0.05, 0) is 98.2 Å². The lowest BCUT2D eigenvalue weighted by Crippen LogP contribution is -2.54. The number of cyclic esters (lactones) is 1. The molecule has 8 N–H and O–H groups in total. The minimum absolute atomic E-state index is 0.00387. The standard InChI is InChI=1S/C60H72FN11O14S/c1-7-60(83)39-26-44-52-37(28-72(44)55(87)38(39)30-84-56(60)79)50-41(19-18-36-33(4)40(61)27-43(66-52)49(36)50)65-46(74)31-86-59(82)70(6)25-24-69(5)58(81)85-29-34-14-16-35(17-15-34)64-53(77)42(12-11-22-63-57(62)80)67-54(78)51(32(2)3)68-45(73)13-9-8-10-23-71-47(75)20-21-48(71)76/h14-17,20-21,26-27,32,41-42,51,83H,7-13,18-19,22-25,28-31H2,1-6H3,(H,64,77)(H,65,74)(H,67,78)(H,68,73)(H3,62,63,80)/t41?,42-,51-,60-/m0/s1. The number of esters is 1. The number of nitrogens with two attached hydrogens (primary N) is 1. The quantitative estimate of drug-likeness (QED) is 0.0135. The number of anilines is 1. The van der Waals surface area contributed by atoms with E-state index in [0.717, 1.165) is 21.6 Å². The first-order valence-electron chi connectivity index (χ1n) is 28.8. The Bertz CT molecular complexity index is 3500. The molecule has 4 aliphatic rings. The number of carbonyl (C=O) groups is 10. The fourth-order valence-electron chi connectivity index (χ4n) is 11.0. The highest BCUT2D eigenvalue weighted by atomic mass is 32.1. The van der Waals surface area contributed by atoms with Crippen LogP contribution in [0.25, 0.3) is 22.3 Å². The van der Waals surface area contributed by atoms with Gasteiger partial charge in [-0.1, -0.05) is 51.5 Å². The van der Waals surface area contributed by atoms with E-state index < -0.39 is 78.1 Å². The molecule has 0 radical (unpaired) electrons. The van der Waals surface area contributed by atoms with Crippen LogP contribution < -0.4 is 32.3 Å². The molecule has 464 valence electrons. The number of likely N-dealkylation sites (N-methyl/N-ethyl adjacent to an activating group) is 2. The van der Waals surface area contributed by atoms with E-state index in [4.69, 9.17) is 37.1 Å². The summed E-state index contributed by atoms with van der Waals surface area (Å²) in [6.45, 7) is 6.57. The van der Waals surface area contributed by atoms with Crippen LogP contribution in [0.1, 0.15) is 117 Å². The summed E-state index contributed by atoms with van der Waals surface area (Å²) in [6, 6.07) is 5.99. The molecule has 3 aliphatic heterocycles. The van der Waals surface area contributed by atoms with Crippen LogP contribution in [0.3, 0.4) is 0 Å². The molecule has 87 heavy (non-hydrogen) atoms. The number of aliphatic hydroxyl groups is 1. The number of hydrogen-bond acceptors (Lipinski definition) is 16. The number of ether oxygens (including phenoxy) is 3. The van der Waals surface area contributed by atoms with Gasteiger partial charge in [-0.2, -0.15) is 0 Å². The van der Waals surface area contributed by atoms with Gasteiger partial charge in [0.1, 0.15) is 35.8 Å². The SMILES string of the molecule is CC[C@@]1(O)C(=O)OCc2c1cc1n(c2=S)Cc2c-1nc1cc(F)c(C)c3c1c2C(NC(=O)COC(=O)N(C)CCN(C)C(=O)OCc1ccc(NC(=O)[C@H](CCCNC(N)=O)NC(=O)[C@@H](NC(=O)CCCCCN2C(=O)C=CC2=O)C(C)C)cc1)CC3. The zero-order valence-electron chi connectivity index (χ0n) is 49.3. The monoisotopic (exact) mass is 1220 g/mol. The molecule has 1 unspecified atom stereocenters. The molecule has 27 heteroatoms. The molecule has 0 saturated heterocycles. The van der Waals surface area contributed by atoms with Gasteiger partial charge in [0.2, 0.25) is 17.7 Å². The van der Waals surface area contributed by atoms with Crippen LogP contribution in [0.15, 0.2) is 48.6 Å². The first kappa shape index (κ1) is 64.2. The largest absolute Gasteiger partial charge is 0.458 e. The van der Waals surface area contributed by atoms with Gasteiger partial charge in [-0.3, -0.25) is 33.7 Å². The number of rotatable bonds is 25. The zero-order chi connectivity index (χ0) is 63.0. The molecule has 8 rings (SSSR count). The Morgan fingerprint density at radius 3 is 2.26 bits per heavy atom. The van der Waals surface area contributed by atoms with Crippen LogP contribution >= 0.6 is 12.2 Å².